The largest absolute Gasteiger partial charge is 0.495 e. The van der Waals surface area contributed by atoms with Gasteiger partial charge in [0.25, 0.3) is 0 Å². The van der Waals surface area contributed by atoms with Crippen molar-refractivity contribution in [1.29, 1.82) is 0 Å². The third-order valence-electron chi connectivity index (χ3n) is 5.75. The highest BCUT2D eigenvalue weighted by atomic mass is 32.2. The number of rotatable bonds is 8. The number of amides is 1. The smallest absolute Gasteiger partial charge is 0.237 e. The summed E-state index contributed by atoms with van der Waals surface area (Å²) in [5.74, 6) is 0.432. The Balaban J connectivity index is 1.41. The monoisotopic (exact) mass is 475 g/mol. The summed E-state index contributed by atoms with van der Waals surface area (Å²) in [6, 6.07) is 19.5. The highest BCUT2D eigenvalue weighted by Gasteiger charge is 2.21. The summed E-state index contributed by atoms with van der Waals surface area (Å²) >= 11 is 1.41. The van der Waals surface area contributed by atoms with Crippen LogP contribution in [0.1, 0.15) is 6.92 Å². The summed E-state index contributed by atoms with van der Waals surface area (Å²) in [5.41, 5.74) is 3.97. The van der Waals surface area contributed by atoms with Crippen LogP contribution in [0.3, 0.4) is 0 Å². The van der Waals surface area contributed by atoms with Gasteiger partial charge in [-0.3, -0.25) is 4.79 Å². The minimum absolute atomic E-state index is 0.149. The molecule has 0 bridgehead atoms. The summed E-state index contributed by atoms with van der Waals surface area (Å²) in [7, 11) is 3.27. The average molecular weight is 476 g/mol. The predicted molar refractivity (Wildman–Crippen MR) is 136 cm³/mol. The fourth-order valence-electron chi connectivity index (χ4n) is 4.01. The normalized spacial score (nSPS) is 12.4. The molecule has 34 heavy (non-hydrogen) atoms. The zero-order valence-corrected chi connectivity index (χ0v) is 20.0. The Morgan fingerprint density at radius 1 is 1.09 bits per heavy atom. The minimum Gasteiger partial charge on any atom is -0.495 e. The summed E-state index contributed by atoms with van der Waals surface area (Å²) in [5, 5.41) is 5.34. The van der Waals surface area contributed by atoms with Gasteiger partial charge in [0.15, 0.2) is 5.16 Å². The van der Waals surface area contributed by atoms with Crippen LogP contribution in [-0.4, -0.2) is 41.5 Å². The molecule has 2 aromatic heterocycles. The molecule has 174 valence electrons. The predicted octanol–water partition coefficient (Wildman–Crippen LogP) is 5.71. The van der Waals surface area contributed by atoms with Gasteiger partial charge in [0, 0.05) is 30.5 Å². The van der Waals surface area contributed by atoms with Gasteiger partial charge in [-0.15, -0.1) is 0 Å². The number of para-hydroxylation sites is 3. The first-order chi connectivity index (χ1) is 16.6. The second kappa shape index (κ2) is 9.40. The van der Waals surface area contributed by atoms with Crippen molar-refractivity contribution < 1.29 is 18.7 Å². The van der Waals surface area contributed by atoms with Gasteiger partial charge >= 0.3 is 0 Å². The van der Waals surface area contributed by atoms with E-state index in [9.17, 15) is 4.79 Å². The molecular weight excluding hydrogens is 450 g/mol. The maximum absolute atomic E-state index is 13.2. The number of fused-ring (bicyclic) bond motifs is 4. The molecule has 0 radical (unpaired) electrons. The molecule has 1 amide bonds. The van der Waals surface area contributed by atoms with Crippen LogP contribution in [0.2, 0.25) is 0 Å². The zero-order chi connectivity index (χ0) is 23.7. The van der Waals surface area contributed by atoms with Crippen LogP contribution < -0.4 is 10.1 Å². The summed E-state index contributed by atoms with van der Waals surface area (Å²) in [6.45, 7) is 3.08. The Labute approximate surface area is 201 Å². The number of nitrogens with zero attached hydrogens (tertiary/aromatic N) is 2. The highest BCUT2D eigenvalue weighted by molar-refractivity contribution is 8.00. The van der Waals surface area contributed by atoms with Gasteiger partial charge in [-0.25, -0.2) is 4.98 Å². The number of thioether (sulfide) groups is 1. The lowest BCUT2D eigenvalue weighted by Crippen LogP contribution is -2.23. The van der Waals surface area contributed by atoms with Gasteiger partial charge in [0.2, 0.25) is 5.91 Å². The van der Waals surface area contributed by atoms with Crippen LogP contribution >= 0.6 is 11.8 Å². The van der Waals surface area contributed by atoms with E-state index in [1.165, 1.54) is 11.8 Å². The molecule has 0 fully saturated rings. The Kier molecular flexibility index (Phi) is 6.17. The first-order valence-corrected chi connectivity index (χ1v) is 11.9. The number of furan rings is 1. The van der Waals surface area contributed by atoms with Crippen LogP contribution in [-0.2, 0) is 16.1 Å². The minimum atomic E-state index is -0.394. The van der Waals surface area contributed by atoms with Crippen LogP contribution in [0.4, 0.5) is 5.69 Å². The molecular formula is C26H25N3O4S. The van der Waals surface area contributed by atoms with Gasteiger partial charge in [0.05, 0.1) is 35.7 Å². The number of carbonyl (C=O) groups excluding carboxylic acids is 1. The van der Waals surface area contributed by atoms with Crippen LogP contribution in [0, 0.1) is 0 Å². The van der Waals surface area contributed by atoms with E-state index in [0.29, 0.717) is 30.2 Å². The van der Waals surface area contributed by atoms with Crippen molar-refractivity contribution in [1.82, 2.24) is 9.55 Å². The van der Waals surface area contributed by atoms with Crippen molar-refractivity contribution in [2.24, 2.45) is 0 Å². The lowest BCUT2D eigenvalue weighted by atomic mass is 10.1. The van der Waals surface area contributed by atoms with E-state index >= 15 is 0 Å². The molecule has 7 nitrogen and oxygen atoms in total. The number of anilines is 1. The lowest BCUT2D eigenvalue weighted by molar-refractivity contribution is -0.115. The molecule has 0 saturated heterocycles. The first-order valence-electron chi connectivity index (χ1n) is 11.0. The lowest BCUT2D eigenvalue weighted by Gasteiger charge is -2.15. The van der Waals surface area contributed by atoms with Crippen LogP contribution in [0.15, 0.2) is 70.2 Å². The number of hydrogen-bond donors (Lipinski definition) is 1. The molecule has 0 aliphatic carbocycles. The van der Waals surface area contributed by atoms with E-state index in [1.54, 1.807) is 14.2 Å². The standard InChI is InChI=1S/C26H25N3O4S/c1-16(34-26-28-19-9-5-6-10-21(19)29(26)12-13-31-2)25(30)27-20-15-23-18(14-24(20)32-3)17-8-4-7-11-22(17)33-23/h4-11,14-16H,12-13H2,1-3H3,(H,27,30). The van der Waals surface area contributed by atoms with E-state index in [-0.39, 0.29) is 5.91 Å². The third kappa shape index (κ3) is 4.10. The molecule has 8 heteroatoms. The molecule has 0 aliphatic heterocycles. The number of carbonyl (C=O) groups is 1. The highest BCUT2D eigenvalue weighted by Crippen LogP contribution is 2.37. The number of benzene rings is 3. The molecule has 0 saturated carbocycles. The van der Waals surface area contributed by atoms with Crippen molar-refractivity contribution in [2.45, 2.75) is 23.9 Å². The molecule has 5 aromatic rings. The third-order valence-corrected chi connectivity index (χ3v) is 6.84. The second-order valence-electron chi connectivity index (χ2n) is 7.92. The van der Waals surface area contributed by atoms with Gasteiger partial charge in [-0.1, -0.05) is 42.1 Å². The number of aromatic nitrogens is 2. The fraction of sp³-hybridized carbons (Fsp3) is 0.231. The summed E-state index contributed by atoms with van der Waals surface area (Å²) < 4.78 is 18.9. The summed E-state index contributed by atoms with van der Waals surface area (Å²) in [6.07, 6.45) is 0. The molecule has 1 atom stereocenters. The van der Waals surface area contributed by atoms with Gasteiger partial charge in [-0.05, 0) is 31.2 Å². The van der Waals surface area contributed by atoms with Gasteiger partial charge < -0.3 is 23.8 Å². The van der Waals surface area contributed by atoms with Crippen molar-refractivity contribution in [2.75, 3.05) is 26.1 Å². The number of methoxy groups -OCH3 is 2. The Morgan fingerprint density at radius 3 is 2.71 bits per heavy atom. The van der Waals surface area contributed by atoms with Crippen LogP contribution in [0.25, 0.3) is 33.0 Å². The molecule has 3 aromatic carbocycles. The molecule has 0 aliphatic rings. The van der Waals surface area contributed by atoms with Gasteiger partial charge in [0.1, 0.15) is 16.9 Å². The second-order valence-corrected chi connectivity index (χ2v) is 9.23. The molecule has 2 heterocycles. The van der Waals surface area contributed by atoms with Crippen molar-refractivity contribution in [3.63, 3.8) is 0 Å². The number of imidazole rings is 1. The molecule has 1 unspecified atom stereocenters. The van der Waals surface area contributed by atoms with E-state index in [2.05, 4.69) is 9.88 Å². The first kappa shape index (κ1) is 22.3. The zero-order valence-electron chi connectivity index (χ0n) is 19.2. The molecule has 1 N–H and O–H groups in total. The Bertz CT molecular complexity index is 1490. The Morgan fingerprint density at radius 2 is 1.88 bits per heavy atom. The van der Waals surface area contributed by atoms with Crippen LogP contribution in [0.5, 0.6) is 5.75 Å². The van der Waals surface area contributed by atoms with Crippen molar-refractivity contribution >= 4 is 56.3 Å². The number of hydrogen-bond acceptors (Lipinski definition) is 6. The number of nitrogens with one attached hydrogen (secondary N) is 1. The van der Waals surface area contributed by atoms with Crippen molar-refractivity contribution in [3.8, 4) is 5.75 Å². The Hall–Kier alpha value is -3.49. The molecule has 0 spiro atoms. The van der Waals surface area contributed by atoms with E-state index in [4.69, 9.17) is 18.9 Å². The topological polar surface area (TPSA) is 78.5 Å². The average Bonchev–Trinajstić information content (AvgIpc) is 3.39. The molecule has 5 rings (SSSR count). The summed E-state index contributed by atoms with van der Waals surface area (Å²) in [4.78, 5) is 17.9. The van der Waals surface area contributed by atoms with E-state index in [1.807, 2.05) is 67.6 Å². The van der Waals surface area contributed by atoms with E-state index < -0.39 is 5.25 Å². The van der Waals surface area contributed by atoms with Crippen molar-refractivity contribution in [3.05, 3.63) is 60.7 Å². The maximum atomic E-state index is 13.2. The van der Waals surface area contributed by atoms with E-state index in [0.717, 1.165) is 32.5 Å². The number of ether oxygens (including phenoxy) is 2. The SMILES string of the molecule is COCCn1c(SC(C)C(=O)Nc2cc3oc4ccccc4c3cc2OC)nc2ccccc21. The quantitative estimate of drug-likeness (QED) is 0.290. The fourth-order valence-corrected chi connectivity index (χ4v) is 4.96. The maximum Gasteiger partial charge on any atom is 0.237 e. The van der Waals surface area contributed by atoms with Gasteiger partial charge in [-0.2, -0.15) is 0 Å².